The molecule has 82 valence electrons. The molecule has 0 aliphatic rings. The van der Waals surface area contributed by atoms with Crippen LogP contribution in [0.2, 0.25) is 0 Å². The molecule has 0 heterocycles. The lowest BCUT2D eigenvalue weighted by molar-refractivity contribution is 0.640. The zero-order chi connectivity index (χ0) is 11.4. The van der Waals surface area contributed by atoms with Gasteiger partial charge >= 0.3 is 0 Å². The third-order valence-corrected chi connectivity index (χ3v) is 2.89. The number of benzene rings is 2. The number of para-hydroxylation sites is 1. The Balaban J connectivity index is 2.41. The first-order valence-corrected chi connectivity index (χ1v) is 7.78. The molecule has 0 saturated carbocycles. The average Bonchev–Trinajstić information content (AvgIpc) is 2.30. The van der Waals surface area contributed by atoms with Crippen LogP contribution in [-0.4, -0.2) is 0 Å². The largest absolute Gasteiger partial charge is 0.444 e. The van der Waals surface area contributed by atoms with Gasteiger partial charge in [0.2, 0.25) is 0 Å². The van der Waals surface area contributed by atoms with Crippen LogP contribution < -0.4 is 4.52 Å². The summed E-state index contributed by atoms with van der Waals surface area (Å²) in [5.74, 6) is 0.713. The quantitative estimate of drug-likeness (QED) is 0.675. The first kappa shape index (κ1) is 11.7. The first-order chi connectivity index (χ1) is 7.77. The van der Waals surface area contributed by atoms with Crippen molar-refractivity contribution in [2.75, 3.05) is 0 Å². The molecular weight excluding hydrogens is 262 g/mol. The molecule has 0 saturated heterocycles. The standard InChI is InChI=1S/C12H9Cl2OP/c13-16(14)15-12-9-5-4-8-11(12)10-6-2-1-3-7-10/h1-9H. The van der Waals surface area contributed by atoms with Crippen molar-refractivity contribution < 1.29 is 4.52 Å². The Morgan fingerprint density at radius 2 is 1.44 bits per heavy atom. The minimum absolute atomic E-state index is 0.713. The molecule has 0 aliphatic carbocycles. The molecule has 0 radical (unpaired) electrons. The summed E-state index contributed by atoms with van der Waals surface area (Å²) in [6.07, 6.45) is 0. The van der Waals surface area contributed by atoms with Crippen LogP contribution in [0.3, 0.4) is 0 Å². The zero-order valence-corrected chi connectivity index (χ0v) is 10.7. The molecule has 0 spiro atoms. The van der Waals surface area contributed by atoms with Gasteiger partial charge < -0.3 is 4.52 Å². The predicted octanol–water partition coefficient (Wildman–Crippen LogP) is 5.44. The summed E-state index contributed by atoms with van der Waals surface area (Å²) >= 11 is 11.4. The van der Waals surface area contributed by atoms with Crippen molar-refractivity contribution in [3.63, 3.8) is 0 Å². The van der Waals surface area contributed by atoms with Gasteiger partial charge in [-0.3, -0.25) is 0 Å². The molecule has 4 heteroatoms. The van der Waals surface area contributed by atoms with Crippen molar-refractivity contribution >= 4 is 29.3 Å². The molecule has 16 heavy (non-hydrogen) atoms. The van der Waals surface area contributed by atoms with Crippen molar-refractivity contribution in [2.24, 2.45) is 0 Å². The predicted molar refractivity (Wildman–Crippen MR) is 71.1 cm³/mol. The monoisotopic (exact) mass is 270 g/mol. The van der Waals surface area contributed by atoms with Gasteiger partial charge in [-0.05, 0) is 34.1 Å². The topological polar surface area (TPSA) is 9.23 Å². The minimum Gasteiger partial charge on any atom is -0.444 e. The molecule has 0 atom stereocenters. The van der Waals surface area contributed by atoms with Gasteiger partial charge in [-0.15, -0.1) is 0 Å². The van der Waals surface area contributed by atoms with Crippen molar-refractivity contribution in [3.8, 4) is 16.9 Å². The molecule has 2 aromatic carbocycles. The van der Waals surface area contributed by atoms with Gasteiger partial charge in [0.25, 0.3) is 6.85 Å². The van der Waals surface area contributed by atoms with Crippen LogP contribution in [0.5, 0.6) is 5.75 Å². The van der Waals surface area contributed by atoms with Gasteiger partial charge in [-0.2, -0.15) is 0 Å². The van der Waals surface area contributed by atoms with Gasteiger partial charge in [0.15, 0.2) is 0 Å². The molecule has 0 fully saturated rings. The van der Waals surface area contributed by atoms with Gasteiger partial charge in [0.05, 0.1) is 0 Å². The van der Waals surface area contributed by atoms with E-state index in [1.54, 1.807) is 0 Å². The molecule has 2 aromatic rings. The van der Waals surface area contributed by atoms with Gasteiger partial charge in [0, 0.05) is 5.56 Å². The third-order valence-electron chi connectivity index (χ3n) is 2.14. The van der Waals surface area contributed by atoms with Crippen LogP contribution >= 0.6 is 29.3 Å². The van der Waals surface area contributed by atoms with Crippen molar-refractivity contribution in [1.82, 2.24) is 0 Å². The van der Waals surface area contributed by atoms with E-state index in [0.717, 1.165) is 11.1 Å². The van der Waals surface area contributed by atoms with E-state index in [2.05, 4.69) is 0 Å². The van der Waals surface area contributed by atoms with E-state index in [1.807, 2.05) is 54.6 Å². The summed E-state index contributed by atoms with van der Waals surface area (Å²) in [7, 11) is 0. The number of rotatable bonds is 3. The highest BCUT2D eigenvalue weighted by molar-refractivity contribution is 8.00. The lowest BCUT2D eigenvalue weighted by Gasteiger charge is -2.10. The Labute approximate surface area is 105 Å². The second-order valence-electron chi connectivity index (χ2n) is 3.16. The zero-order valence-electron chi connectivity index (χ0n) is 8.31. The summed E-state index contributed by atoms with van der Waals surface area (Å²) in [6.45, 7) is -1.44. The van der Waals surface area contributed by atoms with Crippen molar-refractivity contribution in [2.45, 2.75) is 0 Å². The van der Waals surface area contributed by atoms with Gasteiger partial charge in [-0.1, -0.05) is 48.5 Å². The molecule has 0 aliphatic heterocycles. The summed E-state index contributed by atoms with van der Waals surface area (Å²) < 4.78 is 5.40. The fourth-order valence-electron chi connectivity index (χ4n) is 1.48. The first-order valence-electron chi connectivity index (χ1n) is 4.71. The summed E-state index contributed by atoms with van der Waals surface area (Å²) in [5, 5.41) is 0. The SMILES string of the molecule is ClP(Cl)Oc1ccccc1-c1ccccc1. The van der Waals surface area contributed by atoms with E-state index in [0.29, 0.717) is 5.75 Å². The highest BCUT2D eigenvalue weighted by Gasteiger charge is 2.08. The van der Waals surface area contributed by atoms with Gasteiger partial charge in [-0.25, -0.2) is 0 Å². The minimum atomic E-state index is -1.44. The normalized spacial score (nSPS) is 10.4. The van der Waals surface area contributed by atoms with E-state index in [1.165, 1.54) is 0 Å². The van der Waals surface area contributed by atoms with E-state index >= 15 is 0 Å². The van der Waals surface area contributed by atoms with E-state index in [9.17, 15) is 0 Å². The Kier molecular flexibility index (Phi) is 4.06. The van der Waals surface area contributed by atoms with Crippen molar-refractivity contribution in [3.05, 3.63) is 54.6 Å². The smallest absolute Gasteiger partial charge is 0.284 e. The highest BCUT2D eigenvalue weighted by atomic mass is 35.9. The fourth-order valence-corrected chi connectivity index (χ4v) is 2.23. The van der Waals surface area contributed by atoms with Crippen LogP contribution in [0.25, 0.3) is 11.1 Å². The maximum Gasteiger partial charge on any atom is 0.284 e. The van der Waals surface area contributed by atoms with Crippen LogP contribution in [0, 0.1) is 0 Å². The van der Waals surface area contributed by atoms with Crippen LogP contribution in [0.15, 0.2) is 54.6 Å². The summed E-state index contributed by atoms with van der Waals surface area (Å²) in [4.78, 5) is 0. The molecular formula is C12H9Cl2OP. The van der Waals surface area contributed by atoms with Crippen molar-refractivity contribution in [1.29, 1.82) is 0 Å². The molecule has 0 aromatic heterocycles. The number of hydrogen-bond acceptors (Lipinski definition) is 1. The third kappa shape index (κ3) is 2.89. The fraction of sp³-hybridized carbons (Fsp3) is 0. The maximum absolute atomic E-state index is 5.68. The van der Waals surface area contributed by atoms with E-state index < -0.39 is 6.85 Å². The second-order valence-corrected chi connectivity index (χ2v) is 6.10. The lowest BCUT2D eigenvalue weighted by Crippen LogP contribution is -1.84. The maximum atomic E-state index is 5.68. The molecule has 0 N–H and O–H groups in total. The Bertz CT molecular complexity index is 460. The highest BCUT2D eigenvalue weighted by Crippen LogP contribution is 2.49. The number of hydrogen-bond donors (Lipinski definition) is 0. The Morgan fingerprint density at radius 3 is 2.12 bits per heavy atom. The Hall–Kier alpha value is -0.750. The van der Waals surface area contributed by atoms with Gasteiger partial charge in [0.1, 0.15) is 5.75 Å². The summed E-state index contributed by atoms with van der Waals surface area (Å²) in [5.41, 5.74) is 2.08. The Morgan fingerprint density at radius 1 is 0.812 bits per heavy atom. The molecule has 0 bridgehead atoms. The van der Waals surface area contributed by atoms with Crippen LogP contribution in [-0.2, 0) is 0 Å². The van der Waals surface area contributed by atoms with Crippen LogP contribution in [0.1, 0.15) is 0 Å². The average molecular weight is 271 g/mol. The number of halogens is 2. The van der Waals surface area contributed by atoms with E-state index in [4.69, 9.17) is 27.0 Å². The van der Waals surface area contributed by atoms with E-state index in [-0.39, 0.29) is 0 Å². The molecule has 0 unspecified atom stereocenters. The summed E-state index contributed by atoms with van der Waals surface area (Å²) in [6, 6.07) is 17.7. The second kappa shape index (κ2) is 5.54. The molecule has 1 nitrogen and oxygen atoms in total. The lowest BCUT2D eigenvalue weighted by atomic mass is 10.1. The molecule has 0 amide bonds. The molecule has 2 rings (SSSR count). The van der Waals surface area contributed by atoms with Crippen LogP contribution in [0.4, 0.5) is 0 Å².